The minimum atomic E-state index is -0.0846. The maximum atomic E-state index is 9.99. The van der Waals surface area contributed by atoms with Gasteiger partial charge in [0.1, 0.15) is 12.1 Å². The van der Waals surface area contributed by atoms with Gasteiger partial charge in [-0.05, 0) is 43.7 Å². The number of anilines is 1. The predicted molar refractivity (Wildman–Crippen MR) is 85.2 cm³/mol. The molecule has 1 aromatic heterocycles. The lowest BCUT2D eigenvalue weighted by molar-refractivity contribution is 0.0648. The second kappa shape index (κ2) is 6.85. The van der Waals surface area contributed by atoms with Crippen molar-refractivity contribution < 1.29 is 5.11 Å². The third-order valence-corrected chi connectivity index (χ3v) is 4.46. The summed E-state index contributed by atoms with van der Waals surface area (Å²) in [5, 5.41) is 14.5. The summed E-state index contributed by atoms with van der Waals surface area (Å²) in [5.41, 5.74) is 0.970. The molecule has 1 aliphatic carbocycles. The van der Waals surface area contributed by atoms with Gasteiger partial charge >= 0.3 is 0 Å². The molecule has 2 aromatic rings. The second-order valence-corrected chi connectivity index (χ2v) is 5.92. The van der Waals surface area contributed by atoms with Crippen LogP contribution in [0.5, 0.6) is 0 Å². The van der Waals surface area contributed by atoms with Crippen LogP contribution in [0.2, 0.25) is 0 Å². The zero-order valence-electron chi connectivity index (χ0n) is 12.3. The topological polar surface area (TPSA) is 58.0 Å². The first-order valence-electron chi connectivity index (χ1n) is 7.96. The molecule has 1 saturated carbocycles. The zero-order chi connectivity index (χ0) is 14.5. The summed E-state index contributed by atoms with van der Waals surface area (Å²) in [6, 6.07) is 8.04. The van der Waals surface area contributed by atoms with Crippen LogP contribution >= 0.6 is 0 Å². The Labute approximate surface area is 125 Å². The number of aliphatic hydroxyl groups is 1. The number of aliphatic hydroxyl groups excluding tert-OH is 1. The molecule has 21 heavy (non-hydrogen) atoms. The Kier molecular flexibility index (Phi) is 4.65. The van der Waals surface area contributed by atoms with E-state index >= 15 is 0 Å². The monoisotopic (exact) mass is 285 g/mol. The fourth-order valence-corrected chi connectivity index (χ4v) is 3.24. The number of hydrogen-bond acceptors (Lipinski definition) is 4. The molecule has 1 aliphatic rings. The Morgan fingerprint density at radius 1 is 1.14 bits per heavy atom. The van der Waals surface area contributed by atoms with Gasteiger partial charge < -0.3 is 10.4 Å². The number of rotatable bonds is 5. The average molecular weight is 285 g/mol. The normalized spacial score (nSPS) is 22.3. The van der Waals surface area contributed by atoms with Crippen molar-refractivity contribution in [3.05, 3.63) is 30.6 Å². The van der Waals surface area contributed by atoms with E-state index in [0.29, 0.717) is 5.92 Å². The van der Waals surface area contributed by atoms with Crippen LogP contribution in [0.15, 0.2) is 30.6 Å². The number of hydrogen-bond donors (Lipinski definition) is 2. The third-order valence-electron chi connectivity index (χ3n) is 4.46. The Hall–Kier alpha value is -1.68. The Morgan fingerprint density at radius 2 is 2.00 bits per heavy atom. The molecule has 3 rings (SSSR count). The van der Waals surface area contributed by atoms with E-state index in [9.17, 15) is 5.11 Å². The molecular formula is C17H23N3O. The lowest BCUT2D eigenvalue weighted by atomic mass is 9.83. The smallest absolute Gasteiger partial charge is 0.137 e. The number of para-hydroxylation sites is 1. The minimum Gasteiger partial charge on any atom is -0.393 e. The second-order valence-electron chi connectivity index (χ2n) is 5.92. The summed E-state index contributed by atoms with van der Waals surface area (Å²) in [7, 11) is 0. The van der Waals surface area contributed by atoms with E-state index in [0.717, 1.165) is 42.5 Å². The van der Waals surface area contributed by atoms with Crippen molar-refractivity contribution in [2.75, 3.05) is 11.9 Å². The summed E-state index contributed by atoms with van der Waals surface area (Å²) < 4.78 is 0. The molecule has 4 nitrogen and oxygen atoms in total. The first-order valence-corrected chi connectivity index (χ1v) is 7.96. The van der Waals surface area contributed by atoms with Crippen molar-refractivity contribution in [3.63, 3.8) is 0 Å². The van der Waals surface area contributed by atoms with Gasteiger partial charge in [-0.3, -0.25) is 0 Å². The van der Waals surface area contributed by atoms with Crippen LogP contribution < -0.4 is 5.32 Å². The van der Waals surface area contributed by atoms with Crippen molar-refractivity contribution in [3.8, 4) is 0 Å². The van der Waals surface area contributed by atoms with E-state index in [2.05, 4.69) is 15.3 Å². The number of aromatic nitrogens is 2. The van der Waals surface area contributed by atoms with Gasteiger partial charge in [-0.15, -0.1) is 0 Å². The maximum Gasteiger partial charge on any atom is 0.137 e. The van der Waals surface area contributed by atoms with Crippen LogP contribution in [0, 0.1) is 5.92 Å². The molecule has 1 aromatic carbocycles. The first-order chi connectivity index (χ1) is 10.3. The molecule has 4 heteroatoms. The van der Waals surface area contributed by atoms with E-state index in [-0.39, 0.29) is 6.10 Å². The van der Waals surface area contributed by atoms with Gasteiger partial charge in [-0.25, -0.2) is 9.97 Å². The van der Waals surface area contributed by atoms with E-state index < -0.39 is 0 Å². The SMILES string of the molecule is OC1CCCCC1CCCNc1ncnc2ccccc12. The van der Waals surface area contributed by atoms with Gasteiger partial charge in [-0.2, -0.15) is 0 Å². The molecule has 0 amide bonds. The van der Waals surface area contributed by atoms with Crippen LogP contribution in [-0.4, -0.2) is 27.7 Å². The van der Waals surface area contributed by atoms with Gasteiger partial charge in [0.2, 0.25) is 0 Å². The zero-order valence-corrected chi connectivity index (χ0v) is 12.3. The lowest BCUT2D eigenvalue weighted by Gasteiger charge is -2.27. The van der Waals surface area contributed by atoms with Crippen LogP contribution in [0.4, 0.5) is 5.82 Å². The highest BCUT2D eigenvalue weighted by molar-refractivity contribution is 5.88. The molecule has 2 atom stereocenters. The summed E-state index contributed by atoms with van der Waals surface area (Å²) in [4.78, 5) is 8.60. The molecule has 0 radical (unpaired) electrons. The molecule has 0 aliphatic heterocycles. The van der Waals surface area contributed by atoms with Crippen LogP contribution in [0.3, 0.4) is 0 Å². The van der Waals surface area contributed by atoms with E-state index in [1.54, 1.807) is 6.33 Å². The molecule has 0 bridgehead atoms. The molecule has 0 spiro atoms. The van der Waals surface area contributed by atoms with Crippen molar-refractivity contribution in [2.24, 2.45) is 5.92 Å². The number of fused-ring (bicyclic) bond motifs is 1. The van der Waals surface area contributed by atoms with Gasteiger partial charge in [0.25, 0.3) is 0 Å². The molecule has 1 fully saturated rings. The van der Waals surface area contributed by atoms with E-state index in [1.165, 1.54) is 19.3 Å². The highest BCUT2D eigenvalue weighted by Gasteiger charge is 2.22. The molecule has 2 N–H and O–H groups in total. The quantitative estimate of drug-likeness (QED) is 0.827. The molecule has 2 unspecified atom stereocenters. The van der Waals surface area contributed by atoms with Crippen LogP contribution in [0.1, 0.15) is 38.5 Å². The Balaban J connectivity index is 1.52. The maximum absolute atomic E-state index is 9.99. The molecule has 1 heterocycles. The van der Waals surface area contributed by atoms with Crippen molar-refractivity contribution in [1.29, 1.82) is 0 Å². The standard InChI is InChI=1S/C17H23N3O/c21-16-10-4-1-6-13(16)7-5-11-18-17-14-8-2-3-9-15(14)19-12-20-17/h2-3,8-9,12-13,16,21H,1,4-7,10-11H2,(H,18,19,20). The van der Waals surface area contributed by atoms with Crippen molar-refractivity contribution in [1.82, 2.24) is 9.97 Å². The van der Waals surface area contributed by atoms with Crippen molar-refractivity contribution in [2.45, 2.75) is 44.6 Å². The first kappa shape index (κ1) is 14.3. The fraction of sp³-hybridized carbons (Fsp3) is 0.529. The summed E-state index contributed by atoms with van der Waals surface area (Å²) in [5.74, 6) is 1.40. The highest BCUT2D eigenvalue weighted by atomic mass is 16.3. The highest BCUT2D eigenvalue weighted by Crippen LogP contribution is 2.28. The number of nitrogens with zero attached hydrogens (tertiary/aromatic N) is 2. The van der Waals surface area contributed by atoms with E-state index in [1.807, 2.05) is 24.3 Å². The van der Waals surface area contributed by atoms with E-state index in [4.69, 9.17) is 0 Å². The van der Waals surface area contributed by atoms with Gasteiger partial charge in [-0.1, -0.05) is 25.0 Å². The largest absolute Gasteiger partial charge is 0.393 e. The summed E-state index contributed by atoms with van der Waals surface area (Å²) in [6.07, 6.45) is 8.30. The predicted octanol–water partition coefficient (Wildman–Crippen LogP) is 3.37. The number of nitrogens with one attached hydrogen (secondary N) is 1. The minimum absolute atomic E-state index is 0.0846. The summed E-state index contributed by atoms with van der Waals surface area (Å²) >= 11 is 0. The number of benzene rings is 1. The molecule has 112 valence electrons. The van der Waals surface area contributed by atoms with Crippen LogP contribution in [0.25, 0.3) is 10.9 Å². The third kappa shape index (κ3) is 3.50. The lowest BCUT2D eigenvalue weighted by Crippen LogP contribution is -2.24. The molecule has 0 saturated heterocycles. The van der Waals surface area contributed by atoms with Crippen LogP contribution in [-0.2, 0) is 0 Å². The Morgan fingerprint density at radius 3 is 2.90 bits per heavy atom. The average Bonchev–Trinajstić information content (AvgIpc) is 2.53. The van der Waals surface area contributed by atoms with Gasteiger partial charge in [0.05, 0.1) is 11.6 Å². The summed E-state index contributed by atoms with van der Waals surface area (Å²) in [6.45, 7) is 0.893. The van der Waals surface area contributed by atoms with Gasteiger partial charge in [0, 0.05) is 11.9 Å². The fourth-order valence-electron chi connectivity index (χ4n) is 3.24. The Bertz CT molecular complexity index is 582. The van der Waals surface area contributed by atoms with Gasteiger partial charge in [0.15, 0.2) is 0 Å². The molecular weight excluding hydrogens is 262 g/mol. The van der Waals surface area contributed by atoms with Crippen molar-refractivity contribution >= 4 is 16.7 Å².